The third kappa shape index (κ3) is 6.91. The van der Waals surface area contributed by atoms with E-state index in [1.807, 2.05) is 48.5 Å². The number of hydrogen-bond acceptors (Lipinski definition) is 7. The van der Waals surface area contributed by atoms with Gasteiger partial charge in [-0.05, 0) is 48.5 Å². The summed E-state index contributed by atoms with van der Waals surface area (Å²) >= 11 is 0. The van der Waals surface area contributed by atoms with E-state index in [9.17, 15) is 14.4 Å². The van der Waals surface area contributed by atoms with Crippen molar-refractivity contribution in [3.8, 4) is 11.5 Å². The largest absolute Gasteiger partial charge is 0.457 e. The Kier molecular flexibility index (Phi) is 8.33. The lowest BCUT2D eigenvalue weighted by Crippen LogP contribution is -2.60. The summed E-state index contributed by atoms with van der Waals surface area (Å²) in [6.45, 7) is 3.94. The molecule has 39 heavy (non-hydrogen) atoms. The van der Waals surface area contributed by atoms with E-state index in [2.05, 4.69) is 25.4 Å². The molecule has 2 aliphatic rings. The predicted molar refractivity (Wildman–Crippen MR) is 148 cm³/mol. The van der Waals surface area contributed by atoms with E-state index >= 15 is 0 Å². The van der Waals surface area contributed by atoms with Crippen LogP contribution in [-0.2, 0) is 14.4 Å². The van der Waals surface area contributed by atoms with Crippen LogP contribution in [0.2, 0.25) is 0 Å². The van der Waals surface area contributed by atoms with Gasteiger partial charge in [0.1, 0.15) is 23.4 Å². The van der Waals surface area contributed by atoms with Gasteiger partial charge in [-0.2, -0.15) is 0 Å². The van der Waals surface area contributed by atoms with Gasteiger partial charge in [-0.25, -0.2) is 4.98 Å². The van der Waals surface area contributed by atoms with Crippen molar-refractivity contribution < 1.29 is 19.1 Å². The molecular formula is C29H32N6O4. The molecule has 0 saturated carbocycles. The van der Waals surface area contributed by atoms with E-state index in [0.717, 1.165) is 37.7 Å². The number of para-hydroxylation sites is 1. The van der Waals surface area contributed by atoms with Crippen LogP contribution in [0.5, 0.6) is 11.5 Å². The van der Waals surface area contributed by atoms with Crippen LogP contribution in [0.25, 0.3) is 0 Å². The average Bonchev–Trinajstić information content (AvgIpc) is 2.96. The molecule has 5 rings (SSSR count). The van der Waals surface area contributed by atoms with Crippen molar-refractivity contribution in [1.82, 2.24) is 20.1 Å². The smallest absolute Gasteiger partial charge is 0.243 e. The summed E-state index contributed by atoms with van der Waals surface area (Å²) in [6, 6.07) is 21.4. The molecule has 202 valence electrons. The molecule has 2 fully saturated rings. The highest BCUT2D eigenvalue weighted by atomic mass is 16.5. The summed E-state index contributed by atoms with van der Waals surface area (Å²) in [5.41, 5.74) is 0.584. The first-order chi connectivity index (χ1) is 19.0. The molecule has 2 N–H and O–H groups in total. The van der Waals surface area contributed by atoms with Crippen LogP contribution in [0.15, 0.2) is 79.0 Å². The van der Waals surface area contributed by atoms with Crippen LogP contribution in [0.4, 0.5) is 11.5 Å². The number of nitrogens with one attached hydrogen (secondary N) is 2. The summed E-state index contributed by atoms with van der Waals surface area (Å²) in [7, 11) is 0. The number of hydrogen-bond donors (Lipinski definition) is 2. The quantitative estimate of drug-likeness (QED) is 0.462. The molecule has 10 heteroatoms. The van der Waals surface area contributed by atoms with Crippen LogP contribution in [-0.4, -0.2) is 84.4 Å². The highest BCUT2D eigenvalue weighted by Gasteiger charge is 2.35. The zero-order valence-corrected chi connectivity index (χ0v) is 21.7. The molecule has 10 nitrogen and oxygen atoms in total. The second-order valence-corrected chi connectivity index (χ2v) is 9.54. The van der Waals surface area contributed by atoms with Gasteiger partial charge in [-0.15, -0.1) is 0 Å². The highest BCUT2D eigenvalue weighted by molar-refractivity contribution is 5.97. The fourth-order valence-electron chi connectivity index (χ4n) is 4.79. The van der Waals surface area contributed by atoms with Gasteiger partial charge in [0.15, 0.2) is 0 Å². The van der Waals surface area contributed by atoms with Crippen molar-refractivity contribution in [3.05, 3.63) is 79.0 Å². The van der Waals surface area contributed by atoms with Crippen LogP contribution >= 0.6 is 0 Å². The normalized spacial score (nSPS) is 17.8. The van der Waals surface area contributed by atoms with E-state index in [4.69, 9.17) is 4.74 Å². The van der Waals surface area contributed by atoms with E-state index in [-0.39, 0.29) is 30.7 Å². The van der Waals surface area contributed by atoms with Crippen molar-refractivity contribution in [3.63, 3.8) is 0 Å². The first-order valence-corrected chi connectivity index (χ1v) is 13.1. The number of rotatable bonds is 8. The summed E-state index contributed by atoms with van der Waals surface area (Å²) < 4.78 is 5.79. The molecule has 3 heterocycles. The highest BCUT2D eigenvalue weighted by Crippen LogP contribution is 2.23. The maximum Gasteiger partial charge on any atom is 0.243 e. The molecule has 0 radical (unpaired) electrons. The van der Waals surface area contributed by atoms with Gasteiger partial charge < -0.3 is 25.2 Å². The van der Waals surface area contributed by atoms with Crippen LogP contribution < -0.4 is 20.3 Å². The van der Waals surface area contributed by atoms with Crippen molar-refractivity contribution in [1.29, 1.82) is 0 Å². The Bertz CT molecular complexity index is 1260. The van der Waals surface area contributed by atoms with Gasteiger partial charge in [0.25, 0.3) is 0 Å². The Morgan fingerprint density at radius 1 is 0.897 bits per heavy atom. The SMILES string of the molecule is O=C(CC1C(=O)NCCN1C(=O)CN1CCN(c2ccccn2)CC1)Nc1ccc(Oc2ccccc2)cc1. The summed E-state index contributed by atoms with van der Waals surface area (Å²) in [5, 5.41) is 5.62. The molecule has 0 bridgehead atoms. The number of nitrogens with zero attached hydrogens (tertiary/aromatic N) is 4. The number of anilines is 2. The number of ether oxygens (including phenoxy) is 1. The van der Waals surface area contributed by atoms with E-state index in [1.54, 1.807) is 35.4 Å². The second kappa shape index (κ2) is 12.4. The number of pyridine rings is 1. The number of amides is 3. The molecule has 2 aromatic carbocycles. The van der Waals surface area contributed by atoms with Crippen molar-refractivity contribution in [2.75, 3.05) is 56.0 Å². The Balaban J connectivity index is 1.13. The Hall–Kier alpha value is -4.44. The summed E-state index contributed by atoms with van der Waals surface area (Å²) in [4.78, 5) is 49.0. The maximum absolute atomic E-state index is 13.2. The number of piperazine rings is 2. The first kappa shape index (κ1) is 26.2. The zero-order valence-electron chi connectivity index (χ0n) is 21.7. The molecule has 3 amide bonds. The number of carbonyl (C=O) groups excluding carboxylic acids is 3. The van der Waals surface area contributed by atoms with Gasteiger partial charge in [0.2, 0.25) is 17.7 Å². The van der Waals surface area contributed by atoms with Crippen molar-refractivity contribution in [2.24, 2.45) is 0 Å². The lowest BCUT2D eigenvalue weighted by atomic mass is 10.1. The molecule has 1 unspecified atom stereocenters. The van der Waals surface area contributed by atoms with Gasteiger partial charge in [0, 0.05) is 51.2 Å². The van der Waals surface area contributed by atoms with Crippen molar-refractivity contribution in [2.45, 2.75) is 12.5 Å². The third-order valence-electron chi connectivity index (χ3n) is 6.85. The van der Waals surface area contributed by atoms with Gasteiger partial charge in [-0.3, -0.25) is 19.3 Å². The monoisotopic (exact) mass is 528 g/mol. The second-order valence-electron chi connectivity index (χ2n) is 9.54. The molecule has 2 aliphatic heterocycles. The zero-order chi connectivity index (χ0) is 27.0. The predicted octanol–water partition coefficient (Wildman–Crippen LogP) is 2.35. The Morgan fingerprint density at radius 3 is 2.33 bits per heavy atom. The fourth-order valence-corrected chi connectivity index (χ4v) is 4.79. The summed E-state index contributed by atoms with van der Waals surface area (Å²) in [5.74, 6) is 1.50. The minimum absolute atomic E-state index is 0.118. The Morgan fingerprint density at radius 2 is 1.62 bits per heavy atom. The molecular weight excluding hydrogens is 496 g/mol. The lowest BCUT2D eigenvalue weighted by Gasteiger charge is -2.38. The topological polar surface area (TPSA) is 107 Å². The fraction of sp³-hybridized carbons (Fsp3) is 0.310. The van der Waals surface area contributed by atoms with Crippen molar-refractivity contribution >= 4 is 29.2 Å². The molecule has 1 aromatic heterocycles. The lowest BCUT2D eigenvalue weighted by molar-refractivity contribution is -0.145. The van der Waals surface area contributed by atoms with E-state index in [1.165, 1.54) is 0 Å². The van der Waals surface area contributed by atoms with Crippen LogP contribution in [0.1, 0.15) is 6.42 Å². The summed E-state index contributed by atoms with van der Waals surface area (Å²) in [6.07, 6.45) is 1.66. The van der Waals surface area contributed by atoms with E-state index in [0.29, 0.717) is 24.5 Å². The van der Waals surface area contributed by atoms with Gasteiger partial charge >= 0.3 is 0 Å². The van der Waals surface area contributed by atoms with Crippen LogP contribution in [0.3, 0.4) is 0 Å². The van der Waals surface area contributed by atoms with Gasteiger partial charge in [0.05, 0.1) is 13.0 Å². The third-order valence-corrected chi connectivity index (χ3v) is 6.85. The van der Waals surface area contributed by atoms with E-state index < -0.39 is 6.04 Å². The minimum Gasteiger partial charge on any atom is -0.457 e. The Labute approximate surface area is 227 Å². The molecule has 1 atom stereocenters. The molecule has 2 saturated heterocycles. The molecule has 0 spiro atoms. The number of benzene rings is 2. The average molecular weight is 529 g/mol. The first-order valence-electron chi connectivity index (χ1n) is 13.1. The standard InChI is InChI=1S/C29H32N6O4/c36-27(32-22-9-11-24(12-10-22)39-23-6-2-1-3-7-23)20-25-29(38)31-14-15-35(25)28(37)21-33-16-18-34(19-17-33)26-8-4-5-13-30-26/h1-13,25H,14-21H2,(H,31,38)(H,32,36). The number of carbonyl (C=O) groups is 3. The maximum atomic E-state index is 13.2. The molecule has 0 aliphatic carbocycles. The molecule has 3 aromatic rings. The minimum atomic E-state index is -0.846. The van der Waals surface area contributed by atoms with Gasteiger partial charge in [-0.1, -0.05) is 24.3 Å². The number of aromatic nitrogens is 1. The van der Waals surface area contributed by atoms with Crippen LogP contribution in [0, 0.1) is 0 Å².